The molecule has 0 saturated heterocycles. The third kappa shape index (κ3) is 1.46. The van der Waals surface area contributed by atoms with Crippen LogP contribution in [0.2, 0.25) is 0 Å². The number of benzene rings is 1. The van der Waals surface area contributed by atoms with Gasteiger partial charge in [-0.25, -0.2) is 8.84 Å². The van der Waals surface area contributed by atoms with Gasteiger partial charge in [0.1, 0.15) is 5.82 Å². The second-order valence-corrected chi connectivity index (χ2v) is 4.76. The molecule has 0 amide bonds. The number of hydrogen-bond acceptors (Lipinski definition) is 1. The minimum absolute atomic E-state index is 0.184. The Morgan fingerprint density at radius 3 is 3.00 bits per heavy atom. The van der Waals surface area contributed by atoms with E-state index < -0.39 is 0 Å². The largest absolute Gasteiger partial charge is 0.237 e. The van der Waals surface area contributed by atoms with Crippen molar-refractivity contribution in [1.82, 2.24) is 9.55 Å². The summed E-state index contributed by atoms with van der Waals surface area (Å²) in [7, 11) is 0. The molecule has 1 atom stereocenters. The van der Waals surface area contributed by atoms with Gasteiger partial charge in [0.05, 0.1) is 23.0 Å². The molecule has 5 heteroatoms. The number of hydrogen-bond donors (Lipinski definition) is 0. The van der Waals surface area contributed by atoms with Crippen LogP contribution in [-0.2, 0) is 0 Å². The summed E-state index contributed by atoms with van der Waals surface area (Å²) in [5.74, 6) is -0.184. The molecule has 2 aromatic rings. The number of aryl methyl sites for hydroxylation is 1. The summed E-state index contributed by atoms with van der Waals surface area (Å²) >= 11 is 2.23. The van der Waals surface area contributed by atoms with Crippen molar-refractivity contribution in [1.29, 1.82) is 0 Å². The highest BCUT2D eigenvalue weighted by molar-refractivity contribution is 14.2. The molecular formula is C8H7FIN2P. The van der Waals surface area contributed by atoms with E-state index in [1.807, 2.05) is 17.4 Å². The molecule has 0 saturated carbocycles. The average Bonchev–Trinajstić information content (AvgIpc) is 2.44. The topological polar surface area (TPSA) is 17.8 Å². The predicted molar refractivity (Wildman–Crippen MR) is 62.2 cm³/mol. The van der Waals surface area contributed by atoms with Crippen molar-refractivity contribution in [2.24, 2.45) is 0 Å². The standard InChI is InChI=1S/C8H7FIN2P/c1-5-8-6(9)3-2-4-7(8)12(11-5)13-10/h2-4,13H,1H3. The number of aromatic nitrogens is 2. The van der Waals surface area contributed by atoms with Crippen molar-refractivity contribution < 1.29 is 4.39 Å². The first-order valence-electron chi connectivity index (χ1n) is 3.74. The van der Waals surface area contributed by atoms with Crippen LogP contribution in [0.4, 0.5) is 4.39 Å². The average molecular weight is 308 g/mol. The lowest BCUT2D eigenvalue weighted by molar-refractivity contribution is 0.639. The highest BCUT2D eigenvalue weighted by Crippen LogP contribution is 2.30. The Hall–Kier alpha value is -0.220. The maximum Gasteiger partial charge on any atom is 0.134 e. The first kappa shape index (κ1) is 9.34. The van der Waals surface area contributed by atoms with E-state index in [0.717, 1.165) is 11.2 Å². The zero-order chi connectivity index (χ0) is 9.42. The molecule has 0 aliphatic carbocycles. The summed E-state index contributed by atoms with van der Waals surface area (Å²) in [4.78, 5) is 0. The van der Waals surface area contributed by atoms with Gasteiger partial charge in [-0.05, 0) is 41.1 Å². The van der Waals surface area contributed by atoms with Crippen LogP contribution in [0.1, 0.15) is 5.69 Å². The van der Waals surface area contributed by atoms with Gasteiger partial charge in [0, 0.05) is 0 Å². The molecule has 0 spiro atoms. The molecule has 0 aliphatic rings. The smallest absolute Gasteiger partial charge is 0.134 e. The third-order valence-corrected chi connectivity index (χ3v) is 3.78. The number of rotatable bonds is 1. The van der Waals surface area contributed by atoms with Crippen LogP contribution in [-0.4, -0.2) is 9.55 Å². The van der Waals surface area contributed by atoms with Crippen molar-refractivity contribution in [3.8, 4) is 0 Å². The predicted octanol–water partition coefficient (Wildman–Crippen LogP) is 3.28. The summed E-state index contributed by atoms with van der Waals surface area (Å²) in [6.45, 7) is 1.83. The van der Waals surface area contributed by atoms with Crippen LogP contribution in [0.3, 0.4) is 0 Å². The van der Waals surface area contributed by atoms with E-state index >= 15 is 0 Å². The van der Waals surface area contributed by atoms with Gasteiger partial charge >= 0.3 is 0 Å². The molecule has 13 heavy (non-hydrogen) atoms. The summed E-state index contributed by atoms with van der Waals surface area (Å²) in [6, 6.07) is 5.08. The second-order valence-electron chi connectivity index (χ2n) is 2.72. The van der Waals surface area contributed by atoms with Crippen LogP contribution in [0, 0.1) is 12.7 Å². The van der Waals surface area contributed by atoms with Crippen LogP contribution in [0.5, 0.6) is 0 Å². The molecule has 0 N–H and O–H groups in total. The van der Waals surface area contributed by atoms with E-state index in [1.165, 1.54) is 6.07 Å². The van der Waals surface area contributed by atoms with Crippen molar-refractivity contribution in [3.05, 3.63) is 29.7 Å². The van der Waals surface area contributed by atoms with Crippen molar-refractivity contribution in [2.45, 2.75) is 6.92 Å². The number of nitrogens with zero attached hydrogens (tertiary/aromatic N) is 2. The highest BCUT2D eigenvalue weighted by atomic mass is 127. The first-order valence-corrected chi connectivity index (χ1v) is 7.80. The molecule has 1 heterocycles. The van der Waals surface area contributed by atoms with Crippen LogP contribution in [0.15, 0.2) is 18.2 Å². The quantitative estimate of drug-likeness (QED) is 0.584. The van der Waals surface area contributed by atoms with Gasteiger partial charge in [0.25, 0.3) is 0 Å². The van der Waals surface area contributed by atoms with Gasteiger partial charge in [-0.15, -0.1) is 0 Å². The maximum atomic E-state index is 13.3. The number of fused-ring (bicyclic) bond motifs is 1. The third-order valence-electron chi connectivity index (χ3n) is 1.91. The van der Waals surface area contributed by atoms with E-state index in [2.05, 4.69) is 27.1 Å². The molecule has 68 valence electrons. The Bertz CT molecular complexity index is 455. The van der Waals surface area contributed by atoms with Crippen LogP contribution >= 0.6 is 28.4 Å². The molecule has 2 rings (SSSR count). The maximum absolute atomic E-state index is 13.3. The van der Waals surface area contributed by atoms with Gasteiger partial charge in [0.2, 0.25) is 0 Å². The Morgan fingerprint density at radius 2 is 2.31 bits per heavy atom. The lowest BCUT2D eigenvalue weighted by Crippen LogP contribution is -1.82. The van der Waals surface area contributed by atoms with Crippen molar-refractivity contribution in [2.75, 3.05) is 0 Å². The molecule has 1 unspecified atom stereocenters. The Balaban J connectivity index is 2.87. The molecule has 2 nitrogen and oxygen atoms in total. The second kappa shape index (κ2) is 3.50. The van der Waals surface area contributed by atoms with E-state index in [-0.39, 0.29) is 5.82 Å². The lowest BCUT2D eigenvalue weighted by Gasteiger charge is -1.95. The summed E-state index contributed by atoms with van der Waals surface area (Å²) in [6.07, 6.45) is 0.510. The zero-order valence-corrected chi connectivity index (χ0v) is 10.0. The Labute approximate surface area is 89.8 Å². The van der Waals surface area contributed by atoms with E-state index in [9.17, 15) is 4.39 Å². The molecular weight excluding hydrogens is 301 g/mol. The molecule has 0 aliphatic heterocycles. The van der Waals surface area contributed by atoms with Gasteiger partial charge in [-0.2, -0.15) is 5.10 Å². The van der Waals surface area contributed by atoms with Crippen LogP contribution < -0.4 is 0 Å². The SMILES string of the molecule is Cc1nn(PI)c2cccc(F)c12. The Morgan fingerprint density at radius 1 is 1.54 bits per heavy atom. The summed E-state index contributed by atoms with van der Waals surface area (Å²) in [5, 5.41) is 4.90. The lowest BCUT2D eigenvalue weighted by atomic mass is 10.2. The van der Waals surface area contributed by atoms with Crippen molar-refractivity contribution >= 4 is 39.3 Å². The first-order chi connectivity index (χ1) is 6.24. The molecule has 1 aromatic carbocycles. The molecule has 0 bridgehead atoms. The summed E-state index contributed by atoms with van der Waals surface area (Å²) in [5.41, 5.74) is 1.64. The fourth-order valence-electron chi connectivity index (χ4n) is 1.37. The van der Waals surface area contributed by atoms with E-state index in [4.69, 9.17) is 0 Å². The minimum Gasteiger partial charge on any atom is -0.237 e. The normalized spacial score (nSPS) is 11.9. The van der Waals surface area contributed by atoms with Gasteiger partial charge in [-0.3, -0.25) is 0 Å². The van der Waals surface area contributed by atoms with Gasteiger partial charge in [0.15, 0.2) is 0 Å². The highest BCUT2D eigenvalue weighted by Gasteiger charge is 2.09. The molecule has 0 radical (unpaired) electrons. The van der Waals surface area contributed by atoms with E-state index in [0.29, 0.717) is 11.8 Å². The molecule has 0 fully saturated rings. The Kier molecular flexibility index (Phi) is 2.51. The fourth-order valence-corrected chi connectivity index (χ4v) is 2.93. The fraction of sp³-hybridized carbons (Fsp3) is 0.125. The monoisotopic (exact) mass is 308 g/mol. The van der Waals surface area contributed by atoms with Gasteiger partial charge < -0.3 is 0 Å². The van der Waals surface area contributed by atoms with Crippen molar-refractivity contribution in [3.63, 3.8) is 0 Å². The number of halogens is 2. The molecule has 1 aromatic heterocycles. The summed E-state index contributed by atoms with van der Waals surface area (Å²) < 4.78 is 15.2. The minimum atomic E-state index is -0.184. The van der Waals surface area contributed by atoms with Crippen LogP contribution in [0.25, 0.3) is 10.9 Å². The van der Waals surface area contributed by atoms with Gasteiger partial charge in [-0.1, -0.05) is 6.07 Å². The van der Waals surface area contributed by atoms with E-state index in [1.54, 1.807) is 6.07 Å². The zero-order valence-electron chi connectivity index (χ0n) is 6.88.